The molecule has 3 N–H and O–H groups in total. The van der Waals surface area contributed by atoms with Crippen LogP contribution in [0.25, 0.3) is 0 Å². The second-order valence-electron chi connectivity index (χ2n) is 5.59. The molecule has 0 fully saturated rings. The molecule has 28 heavy (non-hydrogen) atoms. The largest absolute Gasteiger partial charge is 0.497 e. The summed E-state index contributed by atoms with van der Waals surface area (Å²) in [6, 6.07) is 11.0. The minimum atomic E-state index is -3.98. The van der Waals surface area contributed by atoms with Crippen molar-refractivity contribution in [3.05, 3.63) is 48.0 Å². The lowest BCUT2D eigenvalue weighted by Gasteiger charge is -2.11. The van der Waals surface area contributed by atoms with Gasteiger partial charge >= 0.3 is 0 Å². The molecular formula is C18H21N3O6S. The number of hydrogen-bond donors (Lipinski definition) is 2. The van der Waals surface area contributed by atoms with Gasteiger partial charge in [-0.25, -0.2) is 0 Å². The Balaban J connectivity index is 2.18. The lowest BCUT2D eigenvalue weighted by Crippen LogP contribution is -2.21. The summed E-state index contributed by atoms with van der Waals surface area (Å²) in [7, 11) is -1.18. The van der Waals surface area contributed by atoms with E-state index in [1.54, 1.807) is 37.3 Å². The molecule has 2 aromatic rings. The molecule has 1 amide bonds. The van der Waals surface area contributed by atoms with Gasteiger partial charge in [-0.3, -0.25) is 4.79 Å². The maximum Gasteiger partial charge on any atom is 0.280 e. The Morgan fingerprint density at radius 1 is 1.07 bits per heavy atom. The summed E-state index contributed by atoms with van der Waals surface area (Å²) < 4.78 is 40.5. The lowest BCUT2D eigenvalue weighted by atomic mass is 10.1. The van der Waals surface area contributed by atoms with E-state index in [9.17, 15) is 13.2 Å². The van der Waals surface area contributed by atoms with Crippen LogP contribution in [0, 0.1) is 0 Å². The Labute approximate surface area is 163 Å². The summed E-state index contributed by atoms with van der Waals surface area (Å²) in [5.74, 6) is 0.409. The van der Waals surface area contributed by atoms with Gasteiger partial charge in [0.2, 0.25) is 0 Å². The highest BCUT2D eigenvalue weighted by Crippen LogP contribution is 2.28. The van der Waals surface area contributed by atoms with Crippen molar-refractivity contribution in [2.45, 2.75) is 11.8 Å². The van der Waals surface area contributed by atoms with Crippen LogP contribution in [0.1, 0.15) is 12.5 Å². The number of methoxy groups -OCH3 is 2. The zero-order valence-corrected chi connectivity index (χ0v) is 16.4. The number of hydrazone groups is 1. The molecule has 0 heterocycles. The van der Waals surface area contributed by atoms with Crippen molar-refractivity contribution in [2.24, 2.45) is 10.8 Å². The van der Waals surface area contributed by atoms with E-state index in [-0.39, 0.29) is 17.3 Å². The van der Waals surface area contributed by atoms with E-state index in [1.165, 1.54) is 26.4 Å². The van der Waals surface area contributed by atoms with E-state index in [0.717, 1.165) is 0 Å². The minimum absolute atomic E-state index is 0.0962. The van der Waals surface area contributed by atoms with E-state index in [2.05, 4.69) is 9.93 Å². The van der Waals surface area contributed by atoms with Crippen molar-refractivity contribution in [3.8, 4) is 17.2 Å². The quantitative estimate of drug-likeness (QED) is 0.476. The molecule has 0 radical (unpaired) electrons. The molecule has 9 nitrogen and oxygen atoms in total. The molecule has 0 saturated heterocycles. The molecular weight excluding hydrogens is 386 g/mol. The maximum atomic E-state index is 12.6. The highest BCUT2D eigenvalue weighted by atomic mass is 32.2. The Hall–Kier alpha value is -3.27. The first-order valence-corrected chi connectivity index (χ1v) is 9.55. The molecule has 0 atom stereocenters. The molecule has 150 valence electrons. The van der Waals surface area contributed by atoms with Gasteiger partial charge in [-0.1, -0.05) is 0 Å². The zero-order valence-electron chi connectivity index (χ0n) is 15.6. The summed E-state index contributed by atoms with van der Waals surface area (Å²) in [6.07, 6.45) is 0. The summed E-state index contributed by atoms with van der Waals surface area (Å²) in [6.45, 7) is 1.42. The molecule has 0 aromatic heterocycles. The Morgan fingerprint density at radius 3 is 2.29 bits per heavy atom. The van der Waals surface area contributed by atoms with Crippen LogP contribution >= 0.6 is 0 Å². The van der Waals surface area contributed by atoms with Gasteiger partial charge in [0.1, 0.15) is 22.1 Å². The van der Waals surface area contributed by atoms with Crippen LogP contribution < -0.4 is 24.8 Å². The summed E-state index contributed by atoms with van der Waals surface area (Å²) >= 11 is 0. The van der Waals surface area contributed by atoms with E-state index in [1.807, 2.05) is 0 Å². The molecule has 0 spiro atoms. The van der Waals surface area contributed by atoms with Crippen LogP contribution in [0.5, 0.6) is 17.2 Å². The van der Waals surface area contributed by atoms with Crippen molar-refractivity contribution in [1.29, 1.82) is 0 Å². The fraction of sp³-hybridized carbons (Fsp3) is 0.222. The van der Waals surface area contributed by atoms with Gasteiger partial charge in [0.15, 0.2) is 6.61 Å². The smallest absolute Gasteiger partial charge is 0.280 e. The number of nitrogens with one attached hydrogen (secondary N) is 1. The number of nitrogens with zero attached hydrogens (tertiary/aromatic N) is 1. The number of carbonyl (C=O) groups excluding carboxylic acids is 1. The van der Waals surface area contributed by atoms with E-state index in [4.69, 9.17) is 19.9 Å². The fourth-order valence-corrected chi connectivity index (χ4v) is 3.23. The SMILES string of the molecule is COc1ccc(OC)c(S(=O)(=O)NN=C(C)c2ccc(OCC(N)=O)cc2)c1. The van der Waals surface area contributed by atoms with E-state index in [0.29, 0.717) is 22.8 Å². The van der Waals surface area contributed by atoms with Gasteiger partial charge in [0.05, 0.1) is 19.9 Å². The van der Waals surface area contributed by atoms with Gasteiger partial charge in [0.25, 0.3) is 15.9 Å². The minimum Gasteiger partial charge on any atom is -0.497 e. The average Bonchev–Trinajstić information content (AvgIpc) is 2.70. The molecule has 0 aliphatic carbocycles. The topological polar surface area (TPSA) is 129 Å². The zero-order chi connectivity index (χ0) is 20.7. The van der Waals surface area contributed by atoms with Gasteiger partial charge < -0.3 is 19.9 Å². The lowest BCUT2D eigenvalue weighted by molar-refractivity contribution is -0.119. The summed E-state index contributed by atoms with van der Waals surface area (Å²) in [4.78, 5) is 12.8. The number of carbonyl (C=O) groups is 1. The first kappa shape index (κ1) is 21.0. The summed E-state index contributed by atoms with van der Waals surface area (Å²) in [5, 5.41) is 3.94. The summed E-state index contributed by atoms with van der Waals surface area (Å²) in [5.41, 5.74) is 6.10. The molecule has 0 bridgehead atoms. The number of sulfonamides is 1. The number of benzene rings is 2. The van der Waals surface area contributed by atoms with Crippen molar-refractivity contribution in [3.63, 3.8) is 0 Å². The van der Waals surface area contributed by atoms with Crippen molar-refractivity contribution < 1.29 is 27.4 Å². The van der Waals surface area contributed by atoms with E-state index < -0.39 is 15.9 Å². The maximum absolute atomic E-state index is 12.6. The number of ether oxygens (including phenoxy) is 3. The van der Waals surface area contributed by atoms with Crippen molar-refractivity contribution >= 4 is 21.6 Å². The second-order valence-corrected chi connectivity index (χ2v) is 7.22. The molecule has 0 saturated carbocycles. The predicted octanol–water partition coefficient (Wildman–Crippen LogP) is 1.27. The van der Waals surface area contributed by atoms with Crippen LogP contribution in [0.4, 0.5) is 0 Å². The van der Waals surface area contributed by atoms with Crippen LogP contribution in [-0.2, 0) is 14.8 Å². The molecule has 2 rings (SSSR count). The fourth-order valence-electron chi connectivity index (χ4n) is 2.18. The predicted molar refractivity (Wildman–Crippen MR) is 103 cm³/mol. The van der Waals surface area contributed by atoms with Crippen LogP contribution in [-0.4, -0.2) is 40.9 Å². The molecule has 10 heteroatoms. The van der Waals surface area contributed by atoms with Crippen molar-refractivity contribution in [2.75, 3.05) is 20.8 Å². The number of hydrogen-bond acceptors (Lipinski definition) is 7. The molecule has 0 unspecified atom stereocenters. The van der Waals surface area contributed by atoms with Crippen LogP contribution in [0.2, 0.25) is 0 Å². The molecule has 0 aliphatic heterocycles. The average molecular weight is 407 g/mol. The van der Waals surface area contributed by atoms with Crippen LogP contribution in [0.15, 0.2) is 52.5 Å². The first-order valence-electron chi connectivity index (χ1n) is 8.06. The number of nitrogens with two attached hydrogens (primary N) is 1. The highest BCUT2D eigenvalue weighted by molar-refractivity contribution is 7.89. The Kier molecular flexibility index (Phi) is 6.83. The Morgan fingerprint density at radius 2 is 1.71 bits per heavy atom. The third kappa shape index (κ3) is 5.36. The van der Waals surface area contributed by atoms with Crippen molar-refractivity contribution in [1.82, 2.24) is 4.83 Å². The third-order valence-electron chi connectivity index (χ3n) is 3.65. The Bertz CT molecular complexity index is 971. The highest BCUT2D eigenvalue weighted by Gasteiger charge is 2.20. The molecule has 2 aromatic carbocycles. The normalized spacial score (nSPS) is 11.6. The monoisotopic (exact) mass is 407 g/mol. The number of amides is 1. The standard InChI is InChI=1S/C18H21N3O6S/c1-12(13-4-6-14(7-5-13)27-11-18(19)22)20-21-28(23,24)17-10-15(25-2)8-9-16(17)26-3/h4-10,21H,11H2,1-3H3,(H2,19,22). The third-order valence-corrected chi connectivity index (χ3v) is 4.88. The number of primary amides is 1. The van der Waals surface area contributed by atoms with Gasteiger partial charge in [-0.2, -0.15) is 18.4 Å². The first-order chi connectivity index (χ1) is 13.3. The van der Waals surface area contributed by atoms with E-state index >= 15 is 0 Å². The number of rotatable bonds is 9. The second kappa shape index (κ2) is 9.09. The van der Waals surface area contributed by atoms with Gasteiger partial charge in [-0.15, -0.1) is 0 Å². The van der Waals surface area contributed by atoms with Gasteiger partial charge in [-0.05, 0) is 48.9 Å². The molecule has 0 aliphatic rings. The van der Waals surface area contributed by atoms with Gasteiger partial charge in [0, 0.05) is 6.07 Å². The van der Waals surface area contributed by atoms with Crippen LogP contribution in [0.3, 0.4) is 0 Å².